The van der Waals surface area contributed by atoms with Crippen LogP contribution in [0.4, 0.5) is 28.8 Å². The molecule has 3 N–H and O–H groups in total. The van der Waals surface area contributed by atoms with Gasteiger partial charge >= 0.3 is 6.01 Å². The molecule has 3 heterocycles. The molecule has 33 heavy (non-hydrogen) atoms. The number of anilines is 5. The fourth-order valence-electron chi connectivity index (χ4n) is 2.90. The number of ether oxygens (including phenoxy) is 1. The molecule has 0 fully saturated rings. The smallest absolute Gasteiger partial charge is 0.316 e. The van der Waals surface area contributed by atoms with E-state index in [4.69, 9.17) is 4.74 Å². The van der Waals surface area contributed by atoms with Crippen molar-refractivity contribution in [1.82, 2.24) is 24.9 Å². The van der Waals surface area contributed by atoms with E-state index in [9.17, 15) is 4.79 Å². The van der Waals surface area contributed by atoms with Gasteiger partial charge in [0.05, 0.1) is 0 Å². The number of nitrogens with zero attached hydrogens (tertiary/aromatic N) is 5. The van der Waals surface area contributed by atoms with E-state index in [-0.39, 0.29) is 18.5 Å². The molecule has 3 aromatic heterocycles. The molecule has 0 aliphatic heterocycles. The Labute approximate surface area is 190 Å². The topological polar surface area (TPSA) is 127 Å². The maximum Gasteiger partial charge on any atom is 0.316 e. The third-order valence-electron chi connectivity index (χ3n) is 4.33. The van der Waals surface area contributed by atoms with Gasteiger partial charge in [-0.1, -0.05) is 0 Å². The van der Waals surface area contributed by atoms with Gasteiger partial charge in [0, 0.05) is 36.0 Å². The van der Waals surface area contributed by atoms with E-state index in [1.54, 1.807) is 42.9 Å². The van der Waals surface area contributed by atoms with Crippen molar-refractivity contribution >= 4 is 34.7 Å². The minimum atomic E-state index is -0.310. The monoisotopic (exact) mass is 442 g/mol. The number of hydrogen-bond donors (Lipinski definition) is 3. The molecule has 0 aliphatic carbocycles. The number of carbonyl (C=O) groups excluding carboxylic acids is 1. The number of pyridine rings is 1. The van der Waals surface area contributed by atoms with E-state index >= 15 is 0 Å². The Bertz CT molecular complexity index is 1230. The van der Waals surface area contributed by atoms with Crippen molar-refractivity contribution in [2.45, 2.75) is 13.8 Å². The van der Waals surface area contributed by atoms with Crippen LogP contribution < -0.4 is 20.7 Å². The quantitative estimate of drug-likeness (QED) is 0.373. The summed E-state index contributed by atoms with van der Waals surface area (Å²) < 4.78 is 5.24. The van der Waals surface area contributed by atoms with Crippen molar-refractivity contribution in [3.8, 4) is 6.01 Å². The van der Waals surface area contributed by atoms with Crippen LogP contribution in [0.1, 0.15) is 11.4 Å². The number of nitrogens with one attached hydrogen (secondary N) is 3. The summed E-state index contributed by atoms with van der Waals surface area (Å²) in [4.78, 5) is 33.0. The van der Waals surface area contributed by atoms with Crippen LogP contribution in [0.25, 0.3) is 0 Å². The summed E-state index contributed by atoms with van der Waals surface area (Å²) in [6.45, 7) is 3.64. The number of hydrogen-bond acceptors (Lipinski definition) is 9. The predicted molar refractivity (Wildman–Crippen MR) is 125 cm³/mol. The molecular weight excluding hydrogens is 420 g/mol. The van der Waals surface area contributed by atoms with E-state index in [2.05, 4.69) is 40.9 Å². The minimum absolute atomic E-state index is 0.152. The Kier molecular flexibility index (Phi) is 6.64. The lowest BCUT2D eigenvalue weighted by atomic mass is 10.2. The first-order valence-electron chi connectivity index (χ1n) is 10.2. The Morgan fingerprint density at radius 3 is 2.24 bits per heavy atom. The van der Waals surface area contributed by atoms with Gasteiger partial charge in [0.15, 0.2) is 6.61 Å². The van der Waals surface area contributed by atoms with Gasteiger partial charge in [-0.2, -0.15) is 0 Å². The maximum atomic E-state index is 12.1. The molecule has 4 aromatic rings. The summed E-state index contributed by atoms with van der Waals surface area (Å²) in [5, 5.41) is 9.20. The summed E-state index contributed by atoms with van der Waals surface area (Å²) in [5.74, 6) is 2.28. The van der Waals surface area contributed by atoms with Crippen LogP contribution in [-0.2, 0) is 4.79 Å². The zero-order valence-electron chi connectivity index (χ0n) is 18.1. The Hall–Kier alpha value is -4.60. The van der Waals surface area contributed by atoms with E-state index in [0.29, 0.717) is 29.0 Å². The molecule has 4 rings (SSSR count). The molecule has 0 unspecified atom stereocenters. The Morgan fingerprint density at radius 2 is 1.52 bits per heavy atom. The molecule has 0 aliphatic rings. The SMILES string of the molecule is Cc1ccnc(Nc2cc(Nc3ccc(NC(=O)COc4ncccn4)cc3)nc(C)n2)c1. The summed E-state index contributed by atoms with van der Waals surface area (Å²) in [5.41, 5.74) is 2.54. The summed E-state index contributed by atoms with van der Waals surface area (Å²) >= 11 is 0. The fourth-order valence-corrected chi connectivity index (χ4v) is 2.90. The van der Waals surface area contributed by atoms with Crippen LogP contribution in [-0.4, -0.2) is 37.4 Å². The van der Waals surface area contributed by atoms with Gasteiger partial charge in [0.1, 0.15) is 23.3 Å². The van der Waals surface area contributed by atoms with Gasteiger partial charge in [-0.3, -0.25) is 4.79 Å². The summed E-state index contributed by atoms with van der Waals surface area (Å²) in [7, 11) is 0. The maximum absolute atomic E-state index is 12.1. The second-order valence-electron chi connectivity index (χ2n) is 7.10. The molecule has 0 spiro atoms. The second-order valence-corrected chi connectivity index (χ2v) is 7.10. The zero-order valence-corrected chi connectivity index (χ0v) is 18.1. The fraction of sp³-hybridized carbons (Fsp3) is 0.130. The molecule has 0 saturated heterocycles. The molecule has 1 aromatic carbocycles. The lowest BCUT2D eigenvalue weighted by Gasteiger charge is -2.11. The van der Waals surface area contributed by atoms with Crippen molar-refractivity contribution in [3.05, 3.63) is 78.5 Å². The highest BCUT2D eigenvalue weighted by molar-refractivity contribution is 5.92. The molecule has 10 nitrogen and oxygen atoms in total. The molecule has 1 amide bonds. The molecule has 166 valence electrons. The van der Waals surface area contributed by atoms with E-state index < -0.39 is 0 Å². The van der Waals surface area contributed by atoms with Crippen LogP contribution in [0.5, 0.6) is 6.01 Å². The van der Waals surface area contributed by atoms with Gasteiger partial charge in [-0.25, -0.2) is 24.9 Å². The number of aromatic nitrogens is 5. The average Bonchev–Trinajstić information content (AvgIpc) is 2.79. The van der Waals surface area contributed by atoms with Crippen LogP contribution in [0.3, 0.4) is 0 Å². The Balaban J connectivity index is 1.35. The van der Waals surface area contributed by atoms with Crippen molar-refractivity contribution in [2.24, 2.45) is 0 Å². The lowest BCUT2D eigenvalue weighted by molar-refractivity contribution is -0.118. The van der Waals surface area contributed by atoms with Crippen LogP contribution >= 0.6 is 0 Å². The molecule has 0 atom stereocenters. The second kappa shape index (κ2) is 10.1. The molecule has 0 radical (unpaired) electrons. The number of benzene rings is 1. The number of aryl methyl sites for hydroxylation is 2. The van der Waals surface area contributed by atoms with Gasteiger partial charge < -0.3 is 20.7 Å². The average molecular weight is 442 g/mol. The van der Waals surface area contributed by atoms with Gasteiger partial charge in [-0.15, -0.1) is 0 Å². The first kappa shape index (κ1) is 21.6. The Morgan fingerprint density at radius 1 is 0.818 bits per heavy atom. The van der Waals surface area contributed by atoms with Crippen molar-refractivity contribution in [3.63, 3.8) is 0 Å². The standard InChI is InChI=1S/C23H22N8O2/c1-15-8-11-24-19(12-15)31-21-13-20(27-16(2)28-21)29-17-4-6-18(7-5-17)30-22(32)14-33-23-25-9-3-10-26-23/h3-13H,14H2,1-2H3,(H,30,32)(H2,24,27,28,29,31). The van der Waals surface area contributed by atoms with Crippen LogP contribution in [0.15, 0.2) is 67.1 Å². The molecule has 0 saturated carbocycles. The van der Waals surface area contributed by atoms with E-state index in [0.717, 1.165) is 11.3 Å². The first-order chi connectivity index (χ1) is 16.0. The third-order valence-corrected chi connectivity index (χ3v) is 4.33. The summed E-state index contributed by atoms with van der Waals surface area (Å²) in [6, 6.07) is 14.7. The first-order valence-corrected chi connectivity index (χ1v) is 10.2. The van der Waals surface area contributed by atoms with Gasteiger partial charge in [0.2, 0.25) is 0 Å². The van der Waals surface area contributed by atoms with Crippen LogP contribution in [0.2, 0.25) is 0 Å². The van der Waals surface area contributed by atoms with E-state index in [1.807, 2.05) is 38.1 Å². The zero-order chi connectivity index (χ0) is 23.0. The van der Waals surface area contributed by atoms with E-state index in [1.165, 1.54) is 0 Å². The third kappa shape index (κ3) is 6.44. The summed E-state index contributed by atoms with van der Waals surface area (Å²) in [6.07, 6.45) is 4.83. The molecule has 10 heteroatoms. The molecular formula is C23H22N8O2. The highest BCUT2D eigenvalue weighted by Crippen LogP contribution is 2.21. The minimum Gasteiger partial charge on any atom is -0.453 e. The van der Waals surface area contributed by atoms with Crippen molar-refractivity contribution in [2.75, 3.05) is 22.6 Å². The highest BCUT2D eigenvalue weighted by Gasteiger charge is 2.07. The number of rotatable bonds is 8. The largest absolute Gasteiger partial charge is 0.453 e. The lowest BCUT2D eigenvalue weighted by Crippen LogP contribution is -2.20. The van der Waals surface area contributed by atoms with Crippen LogP contribution in [0, 0.1) is 13.8 Å². The number of carbonyl (C=O) groups is 1. The van der Waals surface area contributed by atoms with Crippen molar-refractivity contribution in [1.29, 1.82) is 0 Å². The number of amides is 1. The molecule has 0 bridgehead atoms. The predicted octanol–water partition coefficient (Wildman–Crippen LogP) is 3.78. The van der Waals surface area contributed by atoms with Gasteiger partial charge in [0.25, 0.3) is 5.91 Å². The van der Waals surface area contributed by atoms with Crippen molar-refractivity contribution < 1.29 is 9.53 Å². The normalized spacial score (nSPS) is 10.4. The highest BCUT2D eigenvalue weighted by atomic mass is 16.5. The van der Waals surface area contributed by atoms with Gasteiger partial charge in [-0.05, 0) is 61.9 Å².